The highest BCUT2D eigenvalue weighted by Gasteiger charge is 2.24. The molecule has 0 aliphatic rings. The van der Waals surface area contributed by atoms with Crippen LogP contribution < -0.4 is 9.66 Å². The zero-order valence-corrected chi connectivity index (χ0v) is 13.8. The Hall–Kier alpha value is -2.39. The van der Waals surface area contributed by atoms with E-state index >= 15 is 0 Å². The van der Waals surface area contributed by atoms with Crippen molar-refractivity contribution in [3.05, 3.63) is 41.6 Å². The van der Waals surface area contributed by atoms with Gasteiger partial charge in [0.1, 0.15) is 10.5 Å². The van der Waals surface area contributed by atoms with Crippen LogP contribution in [0.4, 0.5) is 0 Å². The number of rotatable bonds is 6. The van der Waals surface area contributed by atoms with Gasteiger partial charge in [-0.1, -0.05) is 17.7 Å². The van der Waals surface area contributed by atoms with Crippen LogP contribution in [-0.2, 0) is 22.0 Å². The van der Waals surface area contributed by atoms with Gasteiger partial charge in [0.2, 0.25) is 0 Å². The van der Waals surface area contributed by atoms with Gasteiger partial charge < -0.3 is 4.18 Å². The van der Waals surface area contributed by atoms with Crippen LogP contribution in [0.5, 0.6) is 5.88 Å². The molecule has 0 unspecified atom stereocenters. The van der Waals surface area contributed by atoms with Gasteiger partial charge in [-0.15, -0.1) is 5.10 Å². The van der Waals surface area contributed by atoms with Gasteiger partial charge in [0, 0.05) is 13.2 Å². The minimum absolute atomic E-state index is 0.0232. The predicted molar refractivity (Wildman–Crippen MR) is 81.3 cm³/mol. The van der Waals surface area contributed by atoms with Crippen LogP contribution in [0.3, 0.4) is 0 Å². The monoisotopic (exact) mass is 339 g/mol. The van der Waals surface area contributed by atoms with Gasteiger partial charge in [0.25, 0.3) is 11.8 Å². The summed E-state index contributed by atoms with van der Waals surface area (Å²) in [6.45, 7) is 3.80. The van der Waals surface area contributed by atoms with E-state index in [0.29, 0.717) is 0 Å². The number of nitrogens with zero attached hydrogens (tertiary/aromatic N) is 2. The molecule has 0 atom stereocenters. The number of aryl methyl sites for hydroxylation is 2. The molecule has 1 heterocycles. The van der Waals surface area contributed by atoms with Crippen molar-refractivity contribution in [2.24, 2.45) is 7.05 Å². The summed E-state index contributed by atoms with van der Waals surface area (Å²) in [4.78, 5) is 16.7. The van der Waals surface area contributed by atoms with Crippen molar-refractivity contribution in [2.45, 2.75) is 18.7 Å². The molecule has 0 saturated heterocycles. The predicted octanol–water partition coefficient (Wildman–Crippen LogP) is 1.18. The number of amides is 1. The Labute approximate surface area is 134 Å². The summed E-state index contributed by atoms with van der Waals surface area (Å²) in [5.41, 5.74) is 3.04. The van der Waals surface area contributed by atoms with Gasteiger partial charge in [-0.25, -0.2) is 5.48 Å². The average Bonchev–Trinajstić information content (AvgIpc) is 2.85. The molecule has 0 aliphatic heterocycles. The summed E-state index contributed by atoms with van der Waals surface area (Å²) in [6, 6.07) is 6.15. The smallest absolute Gasteiger partial charge is 0.340 e. The van der Waals surface area contributed by atoms with Crippen molar-refractivity contribution in [2.75, 3.05) is 6.61 Å². The summed E-state index contributed by atoms with van der Waals surface area (Å²) in [6.07, 6.45) is 1.34. The summed E-state index contributed by atoms with van der Waals surface area (Å²) < 4.78 is 30.8. The SMILES string of the molecule is CCONC(=O)c1cn(C)nc1OS(=O)(=O)c1ccc(C)cc1. The lowest BCUT2D eigenvalue weighted by Gasteiger charge is -2.07. The molecule has 124 valence electrons. The minimum atomic E-state index is -4.09. The third-order valence-corrected chi connectivity index (χ3v) is 4.07. The molecular formula is C14H17N3O5S. The number of nitrogens with one attached hydrogen (secondary N) is 1. The molecule has 0 spiro atoms. The Morgan fingerprint density at radius 3 is 2.57 bits per heavy atom. The first-order chi connectivity index (χ1) is 10.8. The Morgan fingerprint density at radius 1 is 1.30 bits per heavy atom. The van der Waals surface area contributed by atoms with Crippen molar-refractivity contribution in [1.29, 1.82) is 0 Å². The van der Waals surface area contributed by atoms with Gasteiger partial charge >= 0.3 is 10.1 Å². The number of aromatic nitrogens is 2. The molecule has 0 aliphatic carbocycles. The fraction of sp³-hybridized carbons (Fsp3) is 0.286. The molecule has 2 aromatic rings. The van der Waals surface area contributed by atoms with E-state index < -0.39 is 16.0 Å². The number of hydrogen-bond acceptors (Lipinski definition) is 6. The number of carbonyl (C=O) groups excluding carboxylic acids is 1. The number of hydroxylamine groups is 1. The summed E-state index contributed by atoms with van der Waals surface area (Å²) >= 11 is 0. The highest BCUT2D eigenvalue weighted by atomic mass is 32.2. The maximum atomic E-state index is 12.3. The Balaban J connectivity index is 2.29. The van der Waals surface area contributed by atoms with Crippen LogP contribution in [0.15, 0.2) is 35.4 Å². The van der Waals surface area contributed by atoms with E-state index in [1.165, 1.54) is 23.0 Å². The lowest BCUT2D eigenvalue weighted by atomic mass is 10.2. The zero-order chi connectivity index (χ0) is 17.0. The first-order valence-electron chi connectivity index (χ1n) is 6.80. The molecule has 9 heteroatoms. The van der Waals surface area contributed by atoms with E-state index in [1.54, 1.807) is 26.1 Å². The third kappa shape index (κ3) is 4.08. The van der Waals surface area contributed by atoms with Gasteiger partial charge in [-0.3, -0.25) is 14.3 Å². The van der Waals surface area contributed by atoms with Gasteiger partial charge in [-0.05, 0) is 26.0 Å². The molecule has 1 aromatic carbocycles. The van der Waals surface area contributed by atoms with Gasteiger partial charge in [0.05, 0.1) is 6.61 Å². The van der Waals surface area contributed by atoms with Crippen LogP contribution in [0.2, 0.25) is 0 Å². The zero-order valence-electron chi connectivity index (χ0n) is 12.9. The van der Waals surface area contributed by atoms with E-state index in [-0.39, 0.29) is 22.9 Å². The van der Waals surface area contributed by atoms with Crippen LogP contribution in [0.1, 0.15) is 22.8 Å². The number of carbonyl (C=O) groups is 1. The van der Waals surface area contributed by atoms with Crippen molar-refractivity contribution >= 4 is 16.0 Å². The van der Waals surface area contributed by atoms with E-state index in [4.69, 9.17) is 9.02 Å². The average molecular weight is 339 g/mol. The molecule has 23 heavy (non-hydrogen) atoms. The maximum absolute atomic E-state index is 12.3. The van der Waals surface area contributed by atoms with Crippen molar-refractivity contribution in [3.63, 3.8) is 0 Å². The van der Waals surface area contributed by atoms with Crippen molar-refractivity contribution in [1.82, 2.24) is 15.3 Å². The number of benzene rings is 1. The second kappa shape index (κ2) is 6.80. The second-order valence-corrected chi connectivity index (χ2v) is 6.28. The molecule has 1 N–H and O–H groups in total. The molecule has 0 saturated carbocycles. The molecule has 0 bridgehead atoms. The fourth-order valence-corrected chi connectivity index (χ4v) is 2.63. The molecule has 0 radical (unpaired) electrons. The number of hydrogen-bond donors (Lipinski definition) is 1. The highest BCUT2D eigenvalue weighted by Crippen LogP contribution is 2.21. The van der Waals surface area contributed by atoms with Gasteiger partial charge in [0.15, 0.2) is 0 Å². The van der Waals surface area contributed by atoms with Gasteiger partial charge in [-0.2, -0.15) is 8.42 Å². The first kappa shape index (κ1) is 17.0. The third-order valence-electron chi connectivity index (χ3n) is 2.85. The second-order valence-electron chi connectivity index (χ2n) is 4.74. The molecular weight excluding hydrogens is 322 g/mol. The lowest BCUT2D eigenvalue weighted by molar-refractivity contribution is 0.0363. The standard InChI is InChI=1S/C14H17N3O5S/c1-4-21-16-13(18)12-9-17(3)15-14(12)22-23(19,20)11-7-5-10(2)6-8-11/h5-9H,4H2,1-3H3,(H,16,18). The summed E-state index contributed by atoms with van der Waals surface area (Å²) in [5.74, 6) is -0.959. The molecule has 1 aromatic heterocycles. The quantitative estimate of drug-likeness (QED) is 0.626. The maximum Gasteiger partial charge on any atom is 0.340 e. The molecule has 0 fully saturated rings. The topological polar surface area (TPSA) is 99.5 Å². The molecule has 8 nitrogen and oxygen atoms in total. The summed E-state index contributed by atoms with van der Waals surface area (Å²) in [7, 11) is -2.55. The largest absolute Gasteiger partial charge is 0.356 e. The van der Waals surface area contributed by atoms with Crippen LogP contribution in [-0.4, -0.2) is 30.7 Å². The van der Waals surface area contributed by atoms with E-state index in [1.807, 2.05) is 6.92 Å². The van der Waals surface area contributed by atoms with Crippen LogP contribution in [0, 0.1) is 6.92 Å². The first-order valence-corrected chi connectivity index (χ1v) is 8.21. The Kier molecular flexibility index (Phi) is 5.02. The van der Waals surface area contributed by atoms with E-state index in [0.717, 1.165) is 5.56 Å². The normalized spacial score (nSPS) is 11.3. The highest BCUT2D eigenvalue weighted by molar-refractivity contribution is 7.87. The Bertz CT molecular complexity index is 796. The lowest BCUT2D eigenvalue weighted by Crippen LogP contribution is -2.24. The molecule has 1 amide bonds. The van der Waals surface area contributed by atoms with E-state index in [2.05, 4.69) is 10.6 Å². The van der Waals surface area contributed by atoms with Crippen molar-refractivity contribution < 1.29 is 22.2 Å². The minimum Gasteiger partial charge on any atom is -0.356 e. The van der Waals surface area contributed by atoms with E-state index in [9.17, 15) is 13.2 Å². The van der Waals surface area contributed by atoms with Crippen molar-refractivity contribution in [3.8, 4) is 5.88 Å². The molecule has 2 rings (SSSR count). The summed E-state index contributed by atoms with van der Waals surface area (Å²) in [5, 5.41) is 3.87. The Morgan fingerprint density at radius 2 is 1.96 bits per heavy atom. The fourth-order valence-electron chi connectivity index (χ4n) is 1.74. The van der Waals surface area contributed by atoms with Crippen LogP contribution in [0.25, 0.3) is 0 Å². The van der Waals surface area contributed by atoms with Crippen LogP contribution >= 0.6 is 0 Å².